The van der Waals surface area contributed by atoms with Crippen molar-refractivity contribution >= 4 is 208 Å². The molecule has 0 fully saturated rings. The SMILES string of the molecule is [B]c1c([B])c([B])c(-c2nc(-c3ccc(-c4cccc(C#N)c4)cc3)nc(-c3ccc4c(c3)oc3cccc(-c5c([B])c([B])c(-c6c([B])c([B])c([B])c([B])c6[B])c([B])c5[B])c34)n2)c([B])c1[B]. The molecule has 0 N–H and O–H groups in total. The third-order valence-corrected chi connectivity index (χ3v) is 11.7. The number of hydrogen-bond donors (Lipinski definition) is 0. The lowest BCUT2D eigenvalue weighted by Gasteiger charge is -2.28. The summed E-state index contributed by atoms with van der Waals surface area (Å²) in [4.78, 5) is 14.5. The summed E-state index contributed by atoms with van der Waals surface area (Å²) in [6.45, 7) is 0. The summed E-state index contributed by atoms with van der Waals surface area (Å²) in [5, 5.41) is 10.8. The van der Waals surface area contributed by atoms with E-state index in [0.29, 0.717) is 49.8 Å². The smallest absolute Gasteiger partial charge is 0.164 e. The zero-order chi connectivity index (χ0) is 46.3. The minimum atomic E-state index is 0.00682. The molecule has 0 saturated carbocycles. The molecule has 0 amide bonds. The van der Waals surface area contributed by atoms with Crippen LogP contribution in [0.5, 0.6) is 0 Å². The van der Waals surface area contributed by atoms with Gasteiger partial charge in [0.25, 0.3) is 0 Å². The first-order chi connectivity index (χ1) is 31.0. The fourth-order valence-corrected chi connectivity index (χ4v) is 8.10. The molecule has 0 aliphatic heterocycles. The number of furan rings is 1. The van der Waals surface area contributed by atoms with Crippen LogP contribution in [0.15, 0.2) is 89.3 Å². The van der Waals surface area contributed by atoms with Crippen LogP contribution >= 0.6 is 0 Å². The molecule has 0 aliphatic carbocycles. The third-order valence-electron chi connectivity index (χ3n) is 11.7. The molecule has 266 valence electrons. The minimum Gasteiger partial charge on any atom is -0.456 e. The molecule has 28 radical (unpaired) electrons. The lowest BCUT2D eigenvalue weighted by atomic mass is 9.56. The van der Waals surface area contributed by atoms with Crippen LogP contribution in [-0.4, -0.2) is 125 Å². The van der Waals surface area contributed by atoms with E-state index < -0.39 is 0 Å². The van der Waals surface area contributed by atoms with Gasteiger partial charge in [-0.1, -0.05) is 98.3 Å². The Balaban J connectivity index is 1.21. The fourth-order valence-electron chi connectivity index (χ4n) is 8.10. The Kier molecular flexibility index (Phi) is 11.3. The summed E-state index contributed by atoms with van der Waals surface area (Å²) in [7, 11) is 90.1. The van der Waals surface area contributed by atoms with Crippen LogP contribution in [-0.2, 0) is 0 Å². The Morgan fingerprint density at radius 2 is 0.815 bits per heavy atom. The first-order valence-corrected chi connectivity index (χ1v) is 19.6. The summed E-state index contributed by atoms with van der Waals surface area (Å²) >= 11 is 0. The summed E-state index contributed by atoms with van der Waals surface area (Å²) in [6, 6.07) is 27.8. The van der Waals surface area contributed by atoms with Gasteiger partial charge in [-0.05, 0) is 63.7 Å². The highest BCUT2D eigenvalue weighted by Crippen LogP contribution is 2.37. The van der Waals surface area contributed by atoms with Crippen molar-refractivity contribution in [2.75, 3.05) is 0 Å². The third kappa shape index (κ3) is 7.12. The van der Waals surface area contributed by atoms with Crippen molar-refractivity contribution in [3.63, 3.8) is 0 Å². The van der Waals surface area contributed by atoms with Crippen LogP contribution < -0.4 is 76.5 Å². The number of fused-ring (bicyclic) bond motifs is 3. The molecule has 65 heavy (non-hydrogen) atoms. The van der Waals surface area contributed by atoms with Gasteiger partial charge in [-0.15, -0.1) is 32.8 Å². The zero-order valence-electron chi connectivity index (χ0n) is 34.4. The standard InChI is InChI=1S/C46H14B14N4O/c47-30-26(31(48)33(50)27(32(30)49)28-34(51)38(55)42(59)39(56)35(28)52)22-5-2-6-23-25(22)21-12-11-20(14-24(21)65-23)45-62-44(18-9-7-17(8-10-18)19-4-1-3-16(13-19)15-61)63-46(64-45)29-36(53)40(57)43(60)41(58)37(29)54/h1-14H. The van der Waals surface area contributed by atoms with Crippen LogP contribution in [0.3, 0.4) is 0 Å². The number of hydrogen-bond acceptors (Lipinski definition) is 5. The van der Waals surface area contributed by atoms with Gasteiger partial charge in [0.15, 0.2) is 17.5 Å². The Bertz CT molecular complexity index is 3480. The second-order valence-corrected chi connectivity index (χ2v) is 15.4. The topological polar surface area (TPSA) is 75.6 Å². The number of benzene rings is 7. The maximum atomic E-state index is 9.45. The lowest BCUT2D eigenvalue weighted by Crippen LogP contribution is -2.57. The van der Waals surface area contributed by atoms with Crippen LogP contribution in [0.2, 0.25) is 0 Å². The van der Waals surface area contributed by atoms with Crippen molar-refractivity contribution < 1.29 is 4.42 Å². The van der Waals surface area contributed by atoms with Gasteiger partial charge < -0.3 is 4.42 Å². The van der Waals surface area contributed by atoms with E-state index in [4.69, 9.17) is 129 Å². The van der Waals surface area contributed by atoms with E-state index in [1.807, 2.05) is 54.6 Å². The molecule has 0 aliphatic rings. The molecule has 2 heterocycles. The molecular weight excluding hydrogens is 776 g/mol. The monoisotopic (exact) mass is 792 g/mol. The van der Waals surface area contributed by atoms with Gasteiger partial charge in [-0.3, -0.25) is 0 Å². The Hall–Kier alpha value is -6.25. The average Bonchev–Trinajstić information content (AvgIpc) is 3.70. The molecule has 2 aromatic heterocycles. The van der Waals surface area contributed by atoms with Crippen LogP contribution in [0.25, 0.3) is 89.5 Å². The molecule has 0 unspecified atom stereocenters. The van der Waals surface area contributed by atoms with Crippen molar-refractivity contribution in [3.05, 3.63) is 90.5 Å². The molecule has 9 aromatic rings. The predicted molar refractivity (Wildman–Crippen MR) is 280 cm³/mol. The van der Waals surface area contributed by atoms with E-state index in [1.165, 1.54) is 0 Å². The quantitative estimate of drug-likeness (QED) is 0.158. The van der Waals surface area contributed by atoms with Gasteiger partial charge in [-0.25, -0.2) is 15.0 Å². The highest BCUT2D eigenvalue weighted by atomic mass is 16.3. The van der Waals surface area contributed by atoms with Crippen LogP contribution in [0.4, 0.5) is 0 Å². The van der Waals surface area contributed by atoms with Gasteiger partial charge in [0, 0.05) is 27.5 Å². The number of nitrogens with zero attached hydrogens (tertiary/aromatic N) is 4. The Labute approximate surface area is 394 Å². The molecule has 7 aromatic carbocycles. The first-order valence-electron chi connectivity index (χ1n) is 19.6. The molecular formula is C46H14B14N4O. The van der Waals surface area contributed by atoms with E-state index in [0.717, 1.165) is 11.1 Å². The maximum Gasteiger partial charge on any atom is 0.164 e. The van der Waals surface area contributed by atoms with Gasteiger partial charge in [0.1, 0.15) is 121 Å². The Morgan fingerprint density at radius 3 is 1.38 bits per heavy atom. The number of rotatable bonds is 6. The summed E-state index contributed by atoms with van der Waals surface area (Å²) in [5.41, 5.74) is 6.36. The molecule has 0 atom stereocenters. The van der Waals surface area contributed by atoms with E-state index in [-0.39, 0.29) is 111 Å². The Morgan fingerprint density at radius 1 is 0.369 bits per heavy atom. The molecule has 0 spiro atoms. The van der Waals surface area contributed by atoms with E-state index in [1.54, 1.807) is 30.3 Å². The van der Waals surface area contributed by atoms with Crippen LogP contribution in [0.1, 0.15) is 5.56 Å². The largest absolute Gasteiger partial charge is 0.456 e. The van der Waals surface area contributed by atoms with Gasteiger partial charge in [-0.2, -0.15) is 5.26 Å². The molecule has 19 heteroatoms. The van der Waals surface area contributed by atoms with E-state index >= 15 is 0 Å². The molecule has 9 rings (SSSR count). The normalized spacial score (nSPS) is 11.3. The van der Waals surface area contributed by atoms with Gasteiger partial charge in [0.2, 0.25) is 0 Å². The van der Waals surface area contributed by atoms with E-state index in [2.05, 4.69) is 6.07 Å². The lowest BCUT2D eigenvalue weighted by molar-refractivity contribution is 0.669. The van der Waals surface area contributed by atoms with Gasteiger partial charge in [0.05, 0.1) is 11.6 Å². The summed E-state index contributed by atoms with van der Waals surface area (Å²) < 4.78 is 6.47. The van der Waals surface area contributed by atoms with Gasteiger partial charge >= 0.3 is 0 Å². The van der Waals surface area contributed by atoms with Crippen LogP contribution in [0, 0.1) is 11.3 Å². The first kappa shape index (κ1) is 44.0. The summed E-state index contributed by atoms with van der Waals surface area (Å²) in [6.07, 6.45) is 0. The fraction of sp³-hybridized carbons (Fsp3) is 0. The number of nitriles is 1. The van der Waals surface area contributed by atoms with Crippen molar-refractivity contribution in [2.24, 2.45) is 0 Å². The highest BCUT2D eigenvalue weighted by Gasteiger charge is 2.24. The average molecular weight is 790 g/mol. The maximum absolute atomic E-state index is 9.45. The second kappa shape index (κ2) is 16.6. The van der Waals surface area contributed by atoms with Crippen molar-refractivity contribution in [3.8, 4) is 73.6 Å². The number of aromatic nitrogens is 3. The minimum absolute atomic E-state index is 0.00682. The molecule has 0 bridgehead atoms. The van der Waals surface area contributed by atoms with Crippen molar-refractivity contribution in [1.82, 2.24) is 15.0 Å². The van der Waals surface area contributed by atoms with Crippen molar-refractivity contribution in [1.29, 1.82) is 5.26 Å². The highest BCUT2D eigenvalue weighted by molar-refractivity contribution is 6.71. The zero-order valence-corrected chi connectivity index (χ0v) is 34.4. The molecule has 5 nitrogen and oxygen atoms in total. The summed E-state index contributed by atoms with van der Waals surface area (Å²) in [5.74, 6) is 0.603. The van der Waals surface area contributed by atoms with E-state index in [9.17, 15) is 5.26 Å². The van der Waals surface area contributed by atoms with Crippen molar-refractivity contribution in [2.45, 2.75) is 0 Å². The second-order valence-electron chi connectivity index (χ2n) is 15.4. The molecule has 0 saturated heterocycles. The predicted octanol–water partition coefficient (Wildman–Crippen LogP) is -5.24.